The second-order valence-corrected chi connectivity index (χ2v) is 7.32. The minimum atomic E-state index is -0.309. The molecule has 1 amide bonds. The van der Waals surface area contributed by atoms with E-state index in [1.54, 1.807) is 23.0 Å². The monoisotopic (exact) mass is 378 g/mol. The number of benzene rings is 2. The number of likely N-dealkylation sites (tertiary alicyclic amines) is 1. The molecule has 1 aliphatic heterocycles. The van der Waals surface area contributed by atoms with Crippen LogP contribution in [0.1, 0.15) is 22.3 Å². The molecule has 144 valence electrons. The van der Waals surface area contributed by atoms with Crippen molar-refractivity contribution < 1.29 is 9.18 Å². The average Bonchev–Trinajstić information content (AvgIpc) is 3.35. The van der Waals surface area contributed by atoms with Crippen LogP contribution in [0.2, 0.25) is 0 Å². The SMILES string of the molecule is Cc1cccc(-c2nn(-c3ccc(F)cc3)cc2C(=O)N2CCC(CN)C2)c1. The standard InChI is InChI=1S/C22H23FN4O/c1-15-3-2-4-17(11-15)21-20(22(28)26-10-9-16(12-24)13-26)14-27(25-21)19-7-5-18(23)6-8-19/h2-8,11,14,16H,9-10,12-13,24H2,1H3. The molecule has 1 fully saturated rings. The fourth-order valence-electron chi connectivity index (χ4n) is 3.64. The van der Waals surface area contributed by atoms with Gasteiger partial charge in [0.25, 0.3) is 5.91 Å². The van der Waals surface area contributed by atoms with Crippen LogP contribution in [-0.2, 0) is 0 Å². The van der Waals surface area contributed by atoms with Crippen molar-refractivity contribution in [2.45, 2.75) is 13.3 Å². The quantitative estimate of drug-likeness (QED) is 0.757. The Labute approximate surface area is 163 Å². The first-order valence-corrected chi connectivity index (χ1v) is 9.47. The van der Waals surface area contributed by atoms with Gasteiger partial charge in [0, 0.05) is 24.8 Å². The van der Waals surface area contributed by atoms with Gasteiger partial charge < -0.3 is 10.6 Å². The van der Waals surface area contributed by atoms with E-state index in [9.17, 15) is 9.18 Å². The fourth-order valence-corrected chi connectivity index (χ4v) is 3.64. The van der Waals surface area contributed by atoms with Crippen LogP contribution in [-0.4, -0.2) is 40.2 Å². The van der Waals surface area contributed by atoms with Crippen LogP contribution in [0.15, 0.2) is 54.7 Å². The summed E-state index contributed by atoms with van der Waals surface area (Å²) in [6, 6.07) is 14.0. The number of hydrogen-bond acceptors (Lipinski definition) is 3. The first-order chi connectivity index (χ1) is 13.5. The Morgan fingerprint density at radius 3 is 2.71 bits per heavy atom. The molecule has 1 aliphatic rings. The number of rotatable bonds is 4. The lowest BCUT2D eigenvalue weighted by Crippen LogP contribution is -2.30. The first-order valence-electron chi connectivity index (χ1n) is 9.47. The van der Waals surface area contributed by atoms with Crippen LogP contribution >= 0.6 is 0 Å². The average molecular weight is 378 g/mol. The summed E-state index contributed by atoms with van der Waals surface area (Å²) in [5.74, 6) is -0.00432. The van der Waals surface area contributed by atoms with Gasteiger partial charge in [-0.3, -0.25) is 4.79 Å². The lowest BCUT2D eigenvalue weighted by molar-refractivity contribution is 0.0788. The van der Waals surface area contributed by atoms with Gasteiger partial charge in [-0.05, 0) is 56.1 Å². The number of nitrogens with zero attached hydrogens (tertiary/aromatic N) is 3. The summed E-state index contributed by atoms with van der Waals surface area (Å²) in [4.78, 5) is 15.1. The number of amides is 1. The van der Waals surface area contributed by atoms with Crippen molar-refractivity contribution in [1.29, 1.82) is 0 Å². The van der Waals surface area contributed by atoms with E-state index in [0.717, 1.165) is 17.5 Å². The van der Waals surface area contributed by atoms with Gasteiger partial charge >= 0.3 is 0 Å². The highest BCUT2D eigenvalue weighted by molar-refractivity contribution is 6.00. The Morgan fingerprint density at radius 1 is 1.25 bits per heavy atom. The number of aryl methyl sites for hydroxylation is 1. The normalized spacial score (nSPS) is 16.5. The molecule has 28 heavy (non-hydrogen) atoms. The number of aromatic nitrogens is 2. The van der Waals surface area contributed by atoms with Crippen molar-refractivity contribution in [3.8, 4) is 16.9 Å². The van der Waals surface area contributed by atoms with Crippen molar-refractivity contribution in [2.24, 2.45) is 11.7 Å². The maximum atomic E-state index is 13.3. The molecule has 0 radical (unpaired) electrons. The van der Waals surface area contributed by atoms with Crippen molar-refractivity contribution in [3.63, 3.8) is 0 Å². The molecule has 5 nitrogen and oxygen atoms in total. The van der Waals surface area contributed by atoms with E-state index in [1.807, 2.05) is 36.1 Å². The van der Waals surface area contributed by atoms with E-state index in [4.69, 9.17) is 5.73 Å². The van der Waals surface area contributed by atoms with Crippen molar-refractivity contribution in [3.05, 3.63) is 71.7 Å². The highest BCUT2D eigenvalue weighted by Gasteiger charge is 2.29. The Bertz CT molecular complexity index is 996. The molecule has 1 aromatic heterocycles. The third-order valence-corrected chi connectivity index (χ3v) is 5.23. The largest absolute Gasteiger partial charge is 0.338 e. The van der Waals surface area contributed by atoms with Crippen LogP contribution in [0.5, 0.6) is 0 Å². The van der Waals surface area contributed by atoms with Crippen molar-refractivity contribution in [2.75, 3.05) is 19.6 Å². The number of carbonyl (C=O) groups excluding carboxylic acids is 1. The zero-order valence-corrected chi connectivity index (χ0v) is 15.8. The molecule has 3 aromatic rings. The van der Waals surface area contributed by atoms with Gasteiger partial charge in [0.15, 0.2) is 0 Å². The fraction of sp³-hybridized carbons (Fsp3) is 0.273. The topological polar surface area (TPSA) is 64.2 Å². The summed E-state index contributed by atoms with van der Waals surface area (Å²) in [6.07, 6.45) is 2.66. The second-order valence-electron chi connectivity index (χ2n) is 7.32. The molecule has 0 spiro atoms. The molecule has 1 atom stereocenters. The van der Waals surface area contributed by atoms with Crippen molar-refractivity contribution in [1.82, 2.24) is 14.7 Å². The predicted octanol–water partition coefficient (Wildman–Crippen LogP) is 3.41. The van der Waals surface area contributed by atoms with Gasteiger partial charge in [-0.15, -0.1) is 0 Å². The molecular weight excluding hydrogens is 355 g/mol. The van der Waals surface area contributed by atoms with Gasteiger partial charge in [-0.1, -0.05) is 23.8 Å². The van der Waals surface area contributed by atoms with E-state index in [0.29, 0.717) is 42.5 Å². The van der Waals surface area contributed by atoms with E-state index < -0.39 is 0 Å². The molecule has 1 unspecified atom stereocenters. The first kappa shape index (κ1) is 18.4. The molecule has 6 heteroatoms. The molecule has 2 aromatic carbocycles. The van der Waals surface area contributed by atoms with E-state index in [2.05, 4.69) is 5.10 Å². The van der Waals surface area contributed by atoms with Gasteiger partial charge in [0.2, 0.25) is 0 Å². The van der Waals surface area contributed by atoms with Crippen LogP contribution in [0.4, 0.5) is 4.39 Å². The van der Waals surface area contributed by atoms with Gasteiger partial charge in [-0.2, -0.15) is 5.10 Å². The Kier molecular flexibility index (Phi) is 4.96. The number of carbonyl (C=O) groups is 1. The number of hydrogen-bond donors (Lipinski definition) is 1. The third kappa shape index (κ3) is 3.55. The molecule has 0 bridgehead atoms. The minimum Gasteiger partial charge on any atom is -0.338 e. The zero-order valence-electron chi connectivity index (χ0n) is 15.8. The zero-order chi connectivity index (χ0) is 19.7. The van der Waals surface area contributed by atoms with E-state index >= 15 is 0 Å². The van der Waals surface area contributed by atoms with Gasteiger partial charge in [-0.25, -0.2) is 9.07 Å². The number of halogens is 1. The third-order valence-electron chi connectivity index (χ3n) is 5.23. The Hall–Kier alpha value is -2.99. The Balaban J connectivity index is 1.77. The van der Waals surface area contributed by atoms with Crippen LogP contribution in [0, 0.1) is 18.7 Å². The Morgan fingerprint density at radius 2 is 2.04 bits per heavy atom. The maximum absolute atomic E-state index is 13.3. The van der Waals surface area contributed by atoms with Gasteiger partial charge in [0.05, 0.1) is 11.3 Å². The van der Waals surface area contributed by atoms with Crippen LogP contribution < -0.4 is 5.73 Å². The highest BCUT2D eigenvalue weighted by atomic mass is 19.1. The van der Waals surface area contributed by atoms with Crippen LogP contribution in [0.25, 0.3) is 16.9 Å². The molecular formula is C22H23FN4O. The summed E-state index contributed by atoms with van der Waals surface area (Å²) in [6.45, 7) is 3.97. The molecule has 0 saturated carbocycles. The van der Waals surface area contributed by atoms with E-state index in [-0.39, 0.29) is 11.7 Å². The smallest absolute Gasteiger partial charge is 0.257 e. The van der Waals surface area contributed by atoms with E-state index in [1.165, 1.54) is 12.1 Å². The summed E-state index contributed by atoms with van der Waals surface area (Å²) in [5, 5.41) is 4.68. The van der Waals surface area contributed by atoms with Crippen molar-refractivity contribution >= 4 is 5.91 Å². The molecule has 2 heterocycles. The summed E-state index contributed by atoms with van der Waals surface area (Å²) >= 11 is 0. The number of nitrogens with two attached hydrogens (primary N) is 1. The molecule has 2 N–H and O–H groups in total. The second kappa shape index (κ2) is 7.56. The maximum Gasteiger partial charge on any atom is 0.257 e. The lowest BCUT2D eigenvalue weighted by atomic mass is 10.1. The summed E-state index contributed by atoms with van der Waals surface area (Å²) < 4.78 is 14.9. The van der Waals surface area contributed by atoms with Gasteiger partial charge in [0.1, 0.15) is 11.5 Å². The highest BCUT2D eigenvalue weighted by Crippen LogP contribution is 2.27. The summed E-state index contributed by atoms with van der Waals surface area (Å²) in [7, 11) is 0. The molecule has 0 aliphatic carbocycles. The lowest BCUT2D eigenvalue weighted by Gasteiger charge is -2.16. The molecule has 4 rings (SSSR count). The summed E-state index contributed by atoms with van der Waals surface area (Å²) in [5.41, 5.74) is 9.65. The minimum absolute atomic E-state index is 0.0409. The van der Waals surface area contributed by atoms with Crippen LogP contribution in [0.3, 0.4) is 0 Å². The molecule has 1 saturated heterocycles. The predicted molar refractivity (Wildman–Crippen MR) is 107 cm³/mol.